The predicted molar refractivity (Wildman–Crippen MR) is 105 cm³/mol. The highest BCUT2D eigenvalue weighted by Gasteiger charge is 2.50. The quantitative estimate of drug-likeness (QED) is 0.804. The van der Waals surface area contributed by atoms with E-state index < -0.39 is 10.0 Å². The summed E-state index contributed by atoms with van der Waals surface area (Å²) in [5.41, 5.74) is 2.24. The Morgan fingerprint density at radius 2 is 1.88 bits per heavy atom. The van der Waals surface area contributed by atoms with Crippen molar-refractivity contribution >= 4 is 21.4 Å². The van der Waals surface area contributed by atoms with E-state index >= 15 is 0 Å². The van der Waals surface area contributed by atoms with Gasteiger partial charge in [0, 0.05) is 31.1 Å². The molecule has 4 rings (SSSR count). The molecule has 2 aliphatic heterocycles. The summed E-state index contributed by atoms with van der Waals surface area (Å²) in [6.07, 6.45) is 1.34. The average Bonchev–Trinajstić information content (AvgIpc) is 3.20. The van der Waals surface area contributed by atoms with Gasteiger partial charge in [-0.1, -0.05) is 30.3 Å². The van der Waals surface area contributed by atoms with E-state index in [1.165, 1.54) is 11.1 Å². The van der Waals surface area contributed by atoms with E-state index in [4.69, 9.17) is 0 Å². The van der Waals surface area contributed by atoms with Gasteiger partial charge >= 0.3 is 0 Å². The number of aromatic nitrogens is 1. The largest absolute Gasteiger partial charge is 0.297 e. The monoisotopic (exact) mass is 391 g/mol. The number of likely N-dealkylation sites (tertiary alicyclic amines) is 1. The Kier molecular flexibility index (Phi) is 4.67. The average molecular weight is 392 g/mol. The smallest absolute Gasteiger partial charge is 0.211 e. The van der Waals surface area contributed by atoms with Crippen LogP contribution < -0.4 is 0 Å². The van der Waals surface area contributed by atoms with Crippen LogP contribution in [0.1, 0.15) is 27.2 Å². The third-order valence-electron chi connectivity index (χ3n) is 5.63. The minimum Gasteiger partial charge on any atom is -0.297 e. The second-order valence-corrected chi connectivity index (χ2v) is 10.8. The van der Waals surface area contributed by atoms with E-state index in [9.17, 15) is 8.42 Å². The first kappa shape index (κ1) is 18.1. The van der Waals surface area contributed by atoms with Crippen LogP contribution in [0.15, 0.2) is 30.3 Å². The first-order valence-electron chi connectivity index (χ1n) is 9.00. The van der Waals surface area contributed by atoms with Crippen LogP contribution in [0, 0.1) is 25.7 Å². The minimum absolute atomic E-state index is 0.0505. The highest BCUT2D eigenvalue weighted by Crippen LogP contribution is 2.46. The Hall–Kier alpha value is -1.28. The Morgan fingerprint density at radius 3 is 2.50 bits per heavy atom. The van der Waals surface area contributed by atoms with Gasteiger partial charge in [0.15, 0.2) is 0 Å². The van der Waals surface area contributed by atoms with Crippen LogP contribution >= 0.6 is 11.3 Å². The molecular formula is C19H25N3O2S2. The van der Waals surface area contributed by atoms with Gasteiger partial charge in [0.2, 0.25) is 10.0 Å². The topological polar surface area (TPSA) is 53.5 Å². The molecule has 7 heteroatoms. The Balaban J connectivity index is 1.58. The normalized spacial score (nSPS) is 27.1. The van der Waals surface area contributed by atoms with Crippen molar-refractivity contribution in [1.82, 2.24) is 14.2 Å². The first-order chi connectivity index (χ1) is 12.3. The zero-order valence-corrected chi connectivity index (χ0v) is 17.1. The molecule has 2 saturated heterocycles. The van der Waals surface area contributed by atoms with Crippen LogP contribution in [-0.2, 0) is 16.6 Å². The Labute approximate surface area is 159 Å². The minimum atomic E-state index is -3.21. The van der Waals surface area contributed by atoms with Crippen molar-refractivity contribution in [2.24, 2.45) is 11.8 Å². The highest BCUT2D eigenvalue weighted by atomic mass is 32.2. The molecule has 0 unspecified atom stereocenters. The van der Waals surface area contributed by atoms with Crippen LogP contribution in [0.2, 0.25) is 0 Å². The zero-order valence-electron chi connectivity index (χ0n) is 15.4. The van der Waals surface area contributed by atoms with Crippen LogP contribution in [0.4, 0.5) is 0 Å². The van der Waals surface area contributed by atoms with E-state index in [0.29, 0.717) is 18.4 Å². The summed E-state index contributed by atoms with van der Waals surface area (Å²) in [6, 6.07) is 10.1. The van der Waals surface area contributed by atoms with Gasteiger partial charge in [-0.15, -0.1) is 11.3 Å². The van der Waals surface area contributed by atoms with Crippen LogP contribution in [0.3, 0.4) is 0 Å². The molecule has 26 heavy (non-hydrogen) atoms. The van der Waals surface area contributed by atoms with Gasteiger partial charge in [-0.3, -0.25) is 4.90 Å². The van der Waals surface area contributed by atoms with Gasteiger partial charge < -0.3 is 0 Å². The van der Waals surface area contributed by atoms with E-state index in [1.807, 2.05) is 18.2 Å². The van der Waals surface area contributed by atoms with Crippen LogP contribution in [0.5, 0.6) is 0 Å². The lowest BCUT2D eigenvalue weighted by molar-refractivity contribution is 0.262. The number of hydrogen-bond acceptors (Lipinski definition) is 5. The Morgan fingerprint density at radius 1 is 1.15 bits per heavy atom. The summed E-state index contributed by atoms with van der Waals surface area (Å²) in [7, 11) is -3.21. The van der Waals surface area contributed by atoms with Crippen LogP contribution in [0.25, 0.3) is 0 Å². The number of sulfonamides is 1. The molecule has 2 aromatic rings. The number of benzene rings is 1. The van der Waals surface area contributed by atoms with Crippen molar-refractivity contribution in [3.05, 3.63) is 51.5 Å². The fourth-order valence-corrected chi connectivity index (χ4v) is 6.69. The van der Waals surface area contributed by atoms with E-state index in [0.717, 1.165) is 35.9 Å². The van der Waals surface area contributed by atoms with E-state index in [1.54, 1.807) is 15.6 Å². The number of rotatable bonds is 4. The molecule has 0 N–H and O–H groups in total. The van der Waals surface area contributed by atoms with Crippen molar-refractivity contribution in [3.63, 3.8) is 0 Å². The highest BCUT2D eigenvalue weighted by molar-refractivity contribution is 7.88. The molecule has 0 spiro atoms. The molecule has 3 atom stereocenters. The molecule has 0 amide bonds. The number of hydrogen-bond donors (Lipinski definition) is 0. The van der Waals surface area contributed by atoms with Gasteiger partial charge in [0.25, 0.3) is 0 Å². The van der Waals surface area contributed by atoms with Crippen molar-refractivity contribution in [3.8, 4) is 0 Å². The van der Waals surface area contributed by atoms with Crippen molar-refractivity contribution in [1.29, 1.82) is 0 Å². The molecule has 2 aliphatic rings. The zero-order chi connectivity index (χ0) is 18.5. The van der Waals surface area contributed by atoms with Gasteiger partial charge in [0.05, 0.1) is 23.0 Å². The molecule has 0 saturated carbocycles. The maximum atomic E-state index is 12.4. The lowest BCUT2D eigenvalue weighted by Crippen LogP contribution is -2.34. The molecule has 5 nitrogen and oxygen atoms in total. The van der Waals surface area contributed by atoms with Gasteiger partial charge in [-0.2, -0.15) is 4.31 Å². The maximum Gasteiger partial charge on any atom is 0.211 e. The summed E-state index contributed by atoms with van der Waals surface area (Å²) < 4.78 is 26.5. The summed E-state index contributed by atoms with van der Waals surface area (Å²) in [5.74, 6) is 0.741. The summed E-state index contributed by atoms with van der Waals surface area (Å²) in [5, 5.41) is 1.11. The standard InChI is InChI=1S/C19H25N3O2S2/c1-13-18(25-14(2)20-13)12-21-9-16-10-22(26(3,23)24)19(17(16)11-21)15-7-5-4-6-8-15/h4-8,16-17,19H,9-12H2,1-3H3/t16-,17-,19+/m1/s1. The molecule has 1 aromatic heterocycles. The van der Waals surface area contributed by atoms with Crippen LogP contribution in [-0.4, -0.2) is 48.5 Å². The van der Waals surface area contributed by atoms with E-state index in [-0.39, 0.29) is 6.04 Å². The SMILES string of the molecule is Cc1nc(C)c(CN2C[C@@H]3CN(S(C)(=O)=O)[C@@H](c4ccccc4)[C@@H]3C2)s1. The fourth-order valence-electron chi connectivity index (χ4n) is 4.56. The number of aryl methyl sites for hydroxylation is 2. The fraction of sp³-hybridized carbons (Fsp3) is 0.526. The lowest BCUT2D eigenvalue weighted by Gasteiger charge is -2.28. The first-order valence-corrected chi connectivity index (χ1v) is 11.7. The molecule has 140 valence electrons. The van der Waals surface area contributed by atoms with Crippen molar-refractivity contribution in [2.45, 2.75) is 26.4 Å². The van der Waals surface area contributed by atoms with E-state index in [2.05, 4.69) is 35.9 Å². The van der Waals surface area contributed by atoms with Gasteiger partial charge in [-0.05, 0) is 31.2 Å². The van der Waals surface area contributed by atoms with Crippen molar-refractivity contribution < 1.29 is 8.42 Å². The lowest BCUT2D eigenvalue weighted by atomic mass is 9.90. The third kappa shape index (κ3) is 3.33. The van der Waals surface area contributed by atoms with Gasteiger partial charge in [-0.25, -0.2) is 13.4 Å². The molecule has 2 fully saturated rings. The number of thiazole rings is 1. The second kappa shape index (κ2) is 6.71. The molecular weight excluding hydrogens is 366 g/mol. The second-order valence-electron chi connectivity index (χ2n) is 7.55. The molecule has 3 heterocycles. The van der Waals surface area contributed by atoms with Gasteiger partial charge in [0.1, 0.15) is 0 Å². The third-order valence-corrected chi connectivity index (χ3v) is 7.92. The molecule has 0 aliphatic carbocycles. The number of fused-ring (bicyclic) bond motifs is 1. The molecule has 1 aromatic carbocycles. The Bertz CT molecular complexity index is 895. The molecule has 0 bridgehead atoms. The summed E-state index contributed by atoms with van der Waals surface area (Å²) >= 11 is 1.77. The number of nitrogens with zero attached hydrogens (tertiary/aromatic N) is 3. The summed E-state index contributed by atoms with van der Waals surface area (Å²) in [4.78, 5) is 8.35. The summed E-state index contributed by atoms with van der Waals surface area (Å²) in [6.45, 7) is 7.57. The predicted octanol–water partition coefficient (Wildman–Crippen LogP) is 2.82. The molecule has 0 radical (unpaired) electrons. The van der Waals surface area contributed by atoms with Crippen molar-refractivity contribution in [2.75, 3.05) is 25.9 Å². The maximum absolute atomic E-state index is 12.4.